The van der Waals surface area contributed by atoms with E-state index in [1.54, 1.807) is 0 Å². The van der Waals surface area contributed by atoms with E-state index < -0.39 is 0 Å². The minimum absolute atomic E-state index is 0.107. The normalized spacial score (nSPS) is 18.9. The molecule has 0 radical (unpaired) electrons. The Morgan fingerprint density at radius 3 is 2.60 bits per heavy atom. The summed E-state index contributed by atoms with van der Waals surface area (Å²) in [6.45, 7) is 6.31. The number of para-hydroxylation sites is 1. The predicted molar refractivity (Wildman–Crippen MR) is 64.1 cm³/mol. The summed E-state index contributed by atoms with van der Waals surface area (Å²) in [6, 6.07) is 8.55. The van der Waals surface area contributed by atoms with Gasteiger partial charge in [-0.25, -0.2) is 0 Å². The van der Waals surface area contributed by atoms with Crippen LogP contribution in [0, 0.1) is 0 Å². The zero-order chi connectivity index (χ0) is 10.7. The maximum Gasteiger partial charge on any atom is 0.0415 e. The number of piperazine rings is 1. The number of nitrogens with one attached hydrogen (secondary N) is 1. The van der Waals surface area contributed by atoms with Crippen molar-refractivity contribution < 1.29 is 0 Å². The molecule has 82 valence electrons. The zero-order valence-electron chi connectivity index (χ0n) is 9.24. The van der Waals surface area contributed by atoms with Gasteiger partial charge in [0.15, 0.2) is 0 Å². The van der Waals surface area contributed by atoms with Gasteiger partial charge in [0.25, 0.3) is 0 Å². The third-order valence-electron chi connectivity index (χ3n) is 2.89. The van der Waals surface area contributed by atoms with Crippen LogP contribution in [0.2, 0.25) is 0 Å². The van der Waals surface area contributed by atoms with E-state index in [2.05, 4.69) is 34.5 Å². The molecule has 1 fully saturated rings. The Bertz CT molecular complexity index is 316. The molecule has 0 aromatic heterocycles. The topological polar surface area (TPSA) is 41.3 Å². The van der Waals surface area contributed by atoms with Crippen molar-refractivity contribution in [3.63, 3.8) is 0 Å². The molecule has 0 spiro atoms. The van der Waals surface area contributed by atoms with Crippen molar-refractivity contribution in [1.29, 1.82) is 0 Å². The van der Waals surface area contributed by atoms with Gasteiger partial charge in [-0.1, -0.05) is 18.2 Å². The first kappa shape index (κ1) is 10.5. The fourth-order valence-corrected chi connectivity index (χ4v) is 2.07. The largest absolute Gasteiger partial charge is 0.369 e. The Morgan fingerprint density at radius 1 is 1.27 bits per heavy atom. The predicted octanol–water partition coefficient (Wildman–Crippen LogP) is 1.12. The van der Waals surface area contributed by atoms with E-state index in [1.165, 1.54) is 11.3 Å². The standard InChI is InChI=1S/C12H19N3/c1-10(13)11-4-2-3-5-12(11)15-8-6-14-7-9-15/h2-5,10,14H,6-9,13H2,1H3. The smallest absolute Gasteiger partial charge is 0.0415 e. The molecule has 1 aliphatic heterocycles. The maximum absolute atomic E-state index is 5.98. The summed E-state index contributed by atoms with van der Waals surface area (Å²) in [5.74, 6) is 0. The quantitative estimate of drug-likeness (QED) is 0.760. The zero-order valence-corrected chi connectivity index (χ0v) is 9.24. The van der Waals surface area contributed by atoms with E-state index in [9.17, 15) is 0 Å². The van der Waals surface area contributed by atoms with E-state index in [0.717, 1.165) is 26.2 Å². The number of benzene rings is 1. The highest BCUT2D eigenvalue weighted by Gasteiger charge is 2.14. The Kier molecular flexibility index (Phi) is 3.23. The van der Waals surface area contributed by atoms with Gasteiger partial charge in [0, 0.05) is 37.9 Å². The summed E-state index contributed by atoms with van der Waals surface area (Å²) in [6.07, 6.45) is 0. The van der Waals surface area contributed by atoms with Crippen LogP contribution in [0.5, 0.6) is 0 Å². The number of anilines is 1. The van der Waals surface area contributed by atoms with Crippen molar-refractivity contribution in [3.05, 3.63) is 29.8 Å². The molecule has 0 saturated carbocycles. The van der Waals surface area contributed by atoms with E-state index in [0.29, 0.717) is 0 Å². The molecular weight excluding hydrogens is 186 g/mol. The second-order valence-corrected chi connectivity index (χ2v) is 4.08. The van der Waals surface area contributed by atoms with Crippen LogP contribution >= 0.6 is 0 Å². The molecule has 15 heavy (non-hydrogen) atoms. The van der Waals surface area contributed by atoms with Gasteiger partial charge >= 0.3 is 0 Å². The molecule has 1 aromatic rings. The van der Waals surface area contributed by atoms with Gasteiger partial charge in [-0.3, -0.25) is 0 Å². The van der Waals surface area contributed by atoms with Crippen molar-refractivity contribution in [1.82, 2.24) is 5.32 Å². The maximum atomic E-state index is 5.98. The number of hydrogen-bond acceptors (Lipinski definition) is 3. The third kappa shape index (κ3) is 2.30. The minimum atomic E-state index is 0.107. The average Bonchev–Trinajstić information content (AvgIpc) is 2.30. The van der Waals surface area contributed by atoms with Gasteiger partial charge in [0.2, 0.25) is 0 Å². The SMILES string of the molecule is CC(N)c1ccccc1N1CCNCC1. The van der Waals surface area contributed by atoms with Crippen molar-refractivity contribution >= 4 is 5.69 Å². The molecule has 1 saturated heterocycles. The first-order chi connectivity index (χ1) is 7.29. The summed E-state index contributed by atoms with van der Waals surface area (Å²) < 4.78 is 0. The molecule has 3 nitrogen and oxygen atoms in total. The molecule has 1 aliphatic rings. The lowest BCUT2D eigenvalue weighted by atomic mass is 10.1. The molecule has 0 amide bonds. The molecule has 3 heteroatoms. The van der Waals surface area contributed by atoms with Crippen LogP contribution < -0.4 is 16.0 Å². The van der Waals surface area contributed by atoms with Gasteiger partial charge < -0.3 is 16.0 Å². The third-order valence-corrected chi connectivity index (χ3v) is 2.89. The molecule has 3 N–H and O–H groups in total. The van der Waals surface area contributed by atoms with Gasteiger partial charge in [0.1, 0.15) is 0 Å². The van der Waals surface area contributed by atoms with Crippen molar-refractivity contribution in [2.75, 3.05) is 31.1 Å². The average molecular weight is 205 g/mol. The van der Waals surface area contributed by atoms with Gasteiger partial charge in [-0.15, -0.1) is 0 Å². The summed E-state index contributed by atoms with van der Waals surface area (Å²) in [4.78, 5) is 2.41. The second kappa shape index (κ2) is 4.64. The number of rotatable bonds is 2. The lowest BCUT2D eigenvalue weighted by molar-refractivity contribution is 0.586. The van der Waals surface area contributed by atoms with E-state index in [4.69, 9.17) is 5.73 Å². The van der Waals surface area contributed by atoms with Crippen LogP contribution in [0.1, 0.15) is 18.5 Å². The van der Waals surface area contributed by atoms with E-state index in [1.807, 2.05) is 6.92 Å². The van der Waals surface area contributed by atoms with Crippen LogP contribution in [0.25, 0.3) is 0 Å². The summed E-state index contributed by atoms with van der Waals surface area (Å²) in [5.41, 5.74) is 8.53. The molecule has 1 atom stereocenters. The highest BCUT2D eigenvalue weighted by Crippen LogP contribution is 2.24. The molecule has 1 heterocycles. The molecular formula is C12H19N3. The fourth-order valence-electron chi connectivity index (χ4n) is 2.07. The Labute approximate surface area is 91.3 Å². The Morgan fingerprint density at radius 2 is 1.93 bits per heavy atom. The second-order valence-electron chi connectivity index (χ2n) is 4.08. The molecule has 2 rings (SSSR count). The van der Waals surface area contributed by atoms with Crippen LogP contribution in [-0.4, -0.2) is 26.2 Å². The fraction of sp³-hybridized carbons (Fsp3) is 0.500. The van der Waals surface area contributed by atoms with Crippen LogP contribution in [0.15, 0.2) is 24.3 Å². The van der Waals surface area contributed by atoms with Gasteiger partial charge in [-0.05, 0) is 18.6 Å². The van der Waals surface area contributed by atoms with Crippen molar-refractivity contribution in [3.8, 4) is 0 Å². The summed E-state index contributed by atoms with van der Waals surface area (Å²) in [7, 11) is 0. The highest BCUT2D eigenvalue weighted by atomic mass is 15.2. The Hall–Kier alpha value is -1.06. The summed E-state index contributed by atoms with van der Waals surface area (Å²) >= 11 is 0. The molecule has 0 aliphatic carbocycles. The van der Waals surface area contributed by atoms with Gasteiger partial charge in [-0.2, -0.15) is 0 Å². The van der Waals surface area contributed by atoms with Crippen molar-refractivity contribution in [2.24, 2.45) is 5.73 Å². The Balaban J connectivity index is 2.25. The minimum Gasteiger partial charge on any atom is -0.369 e. The lowest BCUT2D eigenvalue weighted by Crippen LogP contribution is -2.44. The van der Waals surface area contributed by atoms with Crippen LogP contribution in [0.3, 0.4) is 0 Å². The first-order valence-electron chi connectivity index (χ1n) is 5.59. The molecule has 1 aromatic carbocycles. The van der Waals surface area contributed by atoms with Crippen LogP contribution in [0.4, 0.5) is 5.69 Å². The van der Waals surface area contributed by atoms with E-state index >= 15 is 0 Å². The van der Waals surface area contributed by atoms with Gasteiger partial charge in [0.05, 0.1) is 0 Å². The monoisotopic (exact) mass is 205 g/mol. The number of hydrogen-bond donors (Lipinski definition) is 2. The van der Waals surface area contributed by atoms with E-state index in [-0.39, 0.29) is 6.04 Å². The lowest BCUT2D eigenvalue weighted by Gasteiger charge is -2.31. The molecule has 0 bridgehead atoms. The summed E-state index contributed by atoms with van der Waals surface area (Å²) in [5, 5.41) is 3.36. The number of nitrogens with zero attached hydrogens (tertiary/aromatic N) is 1. The highest BCUT2D eigenvalue weighted by molar-refractivity contribution is 5.55. The molecule has 1 unspecified atom stereocenters. The van der Waals surface area contributed by atoms with Crippen LogP contribution in [-0.2, 0) is 0 Å². The first-order valence-corrected chi connectivity index (χ1v) is 5.59. The van der Waals surface area contributed by atoms with Crippen molar-refractivity contribution in [2.45, 2.75) is 13.0 Å². The number of nitrogens with two attached hydrogens (primary N) is 1.